The van der Waals surface area contributed by atoms with Gasteiger partial charge in [-0.15, -0.1) is 0 Å². The van der Waals surface area contributed by atoms with Crippen molar-refractivity contribution in [1.29, 1.82) is 0 Å². The summed E-state index contributed by atoms with van der Waals surface area (Å²) < 4.78 is 0. The second-order valence-corrected chi connectivity index (χ2v) is 4.49. The summed E-state index contributed by atoms with van der Waals surface area (Å²) >= 11 is 0. The molecule has 19 heavy (non-hydrogen) atoms. The molecular weight excluding hydrogens is 238 g/mol. The van der Waals surface area contributed by atoms with Gasteiger partial charge in [-0.2, -0.15) is 0 Å². The van der Waals surface area contributed by atoms with Gasteiger partial charge in [-0.1, -0.05) is 47.1 Å². The van der Waals surface area contributed by atoms with E-state index in [2.05, 4.69) is 12.1 Å². The van der Waals surface area contributed by atoms with Crippen molar-refractivity contribution in [3.8, 4) is 5.75 Å². The molecule has 3 nitrogen and oxygen atoms in total. The van der Waals surface area contributed by atoms with Crippen LogP contribution < -0.4 is 0 Å². The van der Waals surface area contributed by atoms with Crippen molar-refractivity contribution in [2.75, 3.05) is 0 Å². The minimum absolute atomic E-state index is 0.227. The van der Waals surface area contributed by atoms with Gasteiger partial charge in [-0.25, -0.2) is 0 Å². The number of aryl methyl sites for hydroxylation is 1. The van der Waals surface area contributed by atoms with Crippen LogP contribution in [0.5, 0.6) is 5.75 Å². The summed E-state index contributed by atoms with van der Waals surface area (Å²) in [5, 5.41) is 13.5. The van der Waals surface area contributed by atoms with Gasteiger partial charge in [0.2, 0.25) is 0 Å². The molecule has 0 saturated heterocycles. The Morgan fingerprint density at radius 2 is 1.89 bits per heavy atom. The van der Waals surface area contributed by atoms with Crippen molar-refractivity contribution in [1.82, 2.24) is 0 Å². The largest absolute Gasteiger partial charge is 0.508 e. The van der Waals surface area contributed by atoms with Crippen molar-refractivity contribution in [2.45, 2.75) is 20.5 Å². The Kier molecular flexibility index (Phi) is 4.18. The Balaban J connectivity index is 1.97. The van der Waals surface area contributed by atoms with E-state index in [9.17, 15) is 5.11 Å². The molecule has 0 aliphatic carbocycles. The van der Waals surface area contributed by atoms with E-state index in [4.69, 9.17) is 4.84 Å². The van der Waals surface area contributed by atoms with E-state index in [0.29, 0.717) is 6.61 Å². The maximum absolute atomic E-state index is 9.40. The number of nitrogens with zero attached hydrogens (tertiary/aromatic N) is 1. The molecule has 2 aromatic carbocycles. The maximum Gasteiger partial charge on any atom is 0.142 e. The molecular formula is C16H17NO2. The minimum atomic E-state index is 0.227. The average molecular weight is 255 g/mol. The third kappa shape index (κ3) is 3.85. The van der Waals surface area contributed by atoms with Crippen molar-refractivity contribution in [3.05, 3.63) is 65.2 Å². The van der Waals surface area contributed by atoms with Gasteiger partial charge in [-0.3, -0.25) is 0 Å². The molecule has 0 spiro atoms. The molecule has 0 aliphatic rings. The maximum atomic E-state index is 9.40. The lowest BCUT2D eigenvalue weighted by molar-refractivity contribution is 0.130. The highest BCUT2D eigenvalue weighted by molar-refractivity contribution is 5.98. The molecule has 0 amide bonds. The molecule has 98 valence electrons. The first-order valence-electron chi connectivity index (χ1n) is 6.16. The fourth-order valence-corrected chi connectivity index (χ4v) is 1.67. The molecule has 2 rings (SSSR count). The first-order valence-corrected chi connectivity index (χ1v) is 6.16. The normalized spacial score (nSPS) is 11.4. The van der Waals surface area contributed by atoms with E-state index >= 15 is 0 Å². The lowest BCUT2D eigenvalue weighted by atomic mass is 10.1. The zero-order valence-corrected chi connectivity index (χ0v) is 11.1. The molecule has 0 fully saturated rings. The van der Waals surface area contributed by atoms with Crippen LogP contribution in [0.1, 0.15) is 23.6 Å². The molecule has 0 saturated carbocycles. The van der Waals surface area contributed by atoms with Crippen molar-refractivity contribution < 1.29 is 9.94 Å². The SMILES string of the molecule is C/C(=N\OCc1ccc(C)cc1)c1cccc(O)c1. The molecule has 2 aromatic rings. The van der Waals surface area contributed by atoms with E-state index in [1.807, 2.05) is 37.3 Å². The summed E-state index contributed by atoms with van der Waals surface area (Å²) in [7, 11) is 0. The smallest absolute Gasteiger partial charge is 0.142 e. The molecule has 0 unspecified atom stereocenters. The highest BCUT2D eigenvalue weighted by Crippen LogP contribution is 2.12. The van der Waals surface area contributed by atoms with E-state index < -0.39 is 0 Å². The van der Waals surface area contributed by atoms with Crippen LogP contribution in [0.2, 0.25) is 0 Å². The second kappa shape index (κ2) is 6.05. The van der Waals surface area contributed by atoms with Crippen LogP contribution in [0.15, 0.2) is 53.7 Å². The second-order valence-electron chi connectivity index (χ2n) is 4.49. The van der Waals surface area contributed by atoms with Gasteiger partial charge in [0, 0.05) is 5.56 Å². The van der Waals surface area contributed by atoms with Crippen LogP contribution >= 0.6 is 0 Å². The van der Waals surface area contributed by atoms with Crippen LogP contribution in [-0.2, 0) is 11.4 Å². The predicted molar refractivity (Wildman–Crippen MR) is 76.3 cm³/mol. The topological polar surface area (TPSA) is 41.8 Å². The number of rotatable bonds is 4. The van der Waals surface area contributed by atoms with Crippen molar-refractivity contribution in [3.63, 3.8) is 0 Å². The molecule has 0 heterocycles. The summed E-state index contributed by atoms with van der Waals surface area (Å²) in [6.07, 6.45) is 0. The molecule has 1 N–H and O–H groups in total. The lowest BCUT2D eigenvalue weighted by Crippen LogP contribution is -1.96. The van der Waals surface area contributed by atoms with Gasteiger partial charge in [0.1, 0.15) is 12.4 Å². The molecule has 0 radical (unpaired) electrons. The van der Waals surface area contributed by atoms with Gasteiger partial charge in [0.05, 0.1) is 5.71 Å². The summed E-state index contributed by atoms with van der Waals surface area (Å²) in [6.45, 7) is 4.34. The van der Waals surface area contributed by atoms with Gasteiger partial charge >= 0.3 is 0 Å². The summed E-state index contributed by atoms with van der Waals surface area (Å²) in [6, 6.07) is 15.1. The van der Waals surface area contributed by atoms with Crippen LogP contribution in [0, 0.1) is 6.92 Å². The monoisotopic (exact) mass is 255 g/mol. The van der Waals surface area contributed by atoms with Crippen molar-refractivity contribution >= 4 is 5.71 Å². The Hall–Kier alpha value is -2.29. The van der Waals surface area contributed by atoms with Gasteiger partial charge in [0.15, 0.2) is 0 Å². The van der Waals surface area contributed by atoms with Crippen LogP contribution in [0.4, 0.5) is 0 Å². The molecule has 0 aliphatic heterocycles. The quantitative estimate of drug-likeness (QED) is 0.669. The number of phenolic OH excluding ortho intramolecular Hbond substituents is 1. The molecule has 0 atom stereocenters. The highest BCUT2D eigenvalue weighted by Gasteiger charge is 1.99. The summed E-state index contributed by atoms with van der Waals surface area (Å²) in [5.74, 6) is 0.227. The Labute approximate surface area is 113 Å². The zero-order chi connectivity index (χ0) is 13.7. The highest BCUT2D eigenvalue weighted by atomic mass is 16.6. The third-order valence-electron chi connectivity index (χ3n) is 2.82. The Morgan fingerprint density at radius 1 is 1.16 bits per heavy atom. The number of hydrogen-bond donors (Lipinski definition) is 1. The van der Waals surface area contributed by atoms with E-state index in [-0.39, 0.29) is 5.75 Å². The first kappa shape index (κ1) is 13.1. The van der Waals surface area contributed by atoms with Gasteiger partial charge < -0.3 is 9.94 Å². The van der Waals surface area contributed by atoms with Gasteiger partial charge in [0.25, 0.3) is 0 Å². The zero-order valence-electron chi connectivity index (χ0n) is 11.1. The minimum Gasteiger partial charge on any atom is -0.508 e. The number of phenols is 1. The lowest BCUT2D eigenvalue weighted by Gasteiger charge is -2.03. The van der Waals surface area contributed by atoms with Crippen molar-refractivity contribution in [2.24, 2.45) is 5.16 Å². The number of oxime groups is 1. The third-order valence-corrected chi connectivity index (χ3v) is 2.82. The fourth-order valence-electron chi connectivity index (χ4n) is 1.67. The predicted octanol–water partition coefficient (Wildman–Crippen LogP) is 3.64. The molecule has 0 aromatic heterocycles. The summed E-state index contributed by atoms with van der Waals surface area (Å²) in [5.41, 5.74) is 3.90. The van der Waals surface area contributed by atoms with E-state index in [1.165, 1.54) is 5.56 Å². The van der Waals surface area contributed by atoms with Crippen LogP contribution in [0.3, 0.4) is 0 Å². The standard InChI is InChI=1S/C16H17NO2/c1-12-6-8-14(9-7-12)11-19-17-13(2)15-4-3-5-16(18)10-15/h3-10,18H,11H2,1-2H3/b17-13+. The average Bonchev–Trinajstić information content (AvgIpc) is 2.41. The Bertz CT molecular complexity index is 574. The number of benzene rings is 2. The van der Waals surface area contributed by atoms with Crippen LogP contribution in [-0.4, -0.2) is 10.8 Å². The van der Waals surface area contributed by atoms with E-state index in [1.54, 1.807) is 18.2 Å². The Morgan fingerprint density at radius 3 is 2.58 bits per heavy atom. The van der Waals surface area contributed by atoms with Crippen LogP contribution in [0.25, 0.3) is 0 Å². The van der Waals surface area contributed by atoms with E-state index in [0.717, 1.165) is 16.8 Å². The molecule has 0 bridgehead atoms. The summed E-state index contributed by atoms with van der Waals surface area (Å²) in [4.78, 5) is 5.32. The first-order chi connectivity index (χ1) is 9.15. The molecule has 3 heteroatoms. The fraction of sp³-hybridized carbons (Fsp3) is 0.188. The number of aromatic hydroxyl groups is 1. The van der Waals surface area contributed by atoms with Gasteiger partial charge in [-0.05, 0) is 31.5 Å². The number of hydrogen-bond acceptors (Lipinski definition) is 3.